The van der Waals surface area contributed by atoms with Crippen molar-refractivity contribution in [3.63, 3.8) is 0 Å². The highest BCUT2D eigenvalue weighted by molar-refractivity contribution is 5.70. The maximum Gasteiger partial charge on any atom is 0.155 e. The van der Waals surface area contributed by atoms with Gasteiger partial charge in [0.2, 0.25) is 0 Å². The summed E-state index contributed by atoms with van der Waals surface area (Å²) in [5.74, 6) is 1.35. The zero-order valence-electron chi connectivity index (χ0n) is 11.5. The lowest BCUT2D eigenvalue weighted by molar-refractivity contribution is 0.266. The molecule has 19 heavy (non-hydrogen) atoms. The topological polar surface area (TPSA) is 53.7 Å². The monoisotopic (exact) mass is 260 g/mol. The third-order valence-electron chi connectivity index (χ3n) is 3.84. The molecule has 2 aromatic heterocycles. The molecule has 5 nitrogen and oxygen atoms in total. The SMILES string of the molecule is CC(C)c1cc2c(N3CCCC3CO)nccn2n1. The third-order valence-corrected chi connectivity index (χ3v) is 3.84. The summed E-state index contributed by atoms with van der Waals surface area (Å²) in [4.78, 5) is 6.72. The van der Waals surface area contributed by atoms with E-state index in [1.54, 1.807) is 6.20 Å². The maximum atomic E-state index is 9.47. The Morgan fingerprint density at radius 1 is 1.47 bits per heavy atom. The van der Waals surface area contributed by atoms with Crippen molar-refractivity contribution in [2.24, 2.45) is 0 Å². The van der Waals surface area contributed by atoms with Crippen molar-refractivity contribution in [1.82, 2.24) is 14.6 Å². The van der Waals surface area contributed by atoms with Crippen LogP contribution in [0.25, 0.3) is 5.52 Å². The highest BCUT2D eigenvalue weighted by Gasteiger charge is 2.26. The summed E-state index contributed by atoms with van der Waals surface area (Å²) in [6.45, 7) is 5.43. The van der Waals surface area contributed by atoms with Crippen LogP contribution in [0.2, 0.25) is 0 Å². The first-order chi connectivity index (χ1) is 9.20. The summed E-state index contributed by atoms with van der Waals surface area (Å²) in [5, 5.41) is 14.1. The van der Waals surface area contributed by atoms with Crippen LogP contribution in [0, 0.1) is 0 Å². The molecular formula is C14H20N4O. The van der Waals surface area contributed by atoms with E-state index in [0.29, 0.717) is 5.92 Å². The van der Waals surface area contributed by atoms with Gasteiger partial charge in [-0.05, 0) is 24.8 Å². The molecule has 3 heterocycles. The average Bonchev–Trinajstić information content (AvgIpc) is 3.04. The molecule has 1 saturated heterocycles. The number of hydrogen-bond donors (Lipinski definition) is 1. The van der Waals surface area contributed by atoms with Gasteiger partial charge < -0.3 is 10.0 Å². The van der Waals surface area contributed by atoms with Gasteiger partial charge in [0.1, 0.15) is 5.52 Å². The average molecular weight is 260 g/mol. The second-order valence-corrected chi connectivity index (χ2v) is 5.48. The number of aliphatic hydroxyl groups excluding tert-OH is 1. The van der Waals surface area contributed by atoms with Crippen LogP contribution in [-0.2, 0) is 0 Å². The summed E-state index contributed by atoms with van der Waals surface area (Å²) >= 11 is 0. The van der Waals surface area contributed by atoms with E-state index < -0.39 is 0 Å². The van der Waals surface area contributed by atoms with Gasteiger partial charge in [0, 0.05) is 18.9 Å². The Kier molecular flexibility index (Phi) is 3.14. The number of aliphatic hydroxyl groups is 1. The van der Waals surface area contributed by atoms with Gasteiger partial charge in [-0.15, -0.1) is 0 Å². The molecule has 1 aliphatic rings. The second kappa shape index (κ2) is 4.81. The van der Waals surface area contributed by atoms with Crippen LogP contribution < -0.4 is 4.90 Å². The first-order valence-electron chi connectivity index (χ1n) is 6.92. The molecule has 0 amide bonds. The maximum absolute atomic E-state index is 9.47. The third kappa shape index (κ3) is 2.08. The van der Waals surface area contributed by atoms with E-state index in [1.807, 2.05) is 10.7 Å². The molecule has 1 aliphatic heterocycles. The van der Waals surface area contributed by atoms with Crippen LogP contribution in [-0.4, -0.2) is 38.9 Å². The number of aromatic nitrogens is 3. The van der Waals surface area contributed by atoms with E-state index in [4.69, 9.17) is 0 Å². The van der Waals surface area contributed by atoms with E-state index in [-0.39, 0.29) is 12.6 Å². The van der Waals surface area contributed by atoms with E-state index in [1.165, 1.54) is 0 Å². The highest BCUT2D eigenvalue weighted by atomic mass is 16.3. The zero-order chi connectivity index (χ0) is 13.4. The molecule has 0 spiro atoms. The molecule has 0 aromatic carbocycles. The molecule has 0 bridgehead atoms. The van der Waals surface area contributed by atoms with Gasteiger partial charge in [0.25, 0.3) is 0 Å². The van der Waals surface area contributed by atoms with Crippen LogP contribution in [0.15, 0.2) is 18.5 Å². The Balaban J connectivity index is 2.08. The van der Waals surface area contributed by atoms with E-state index in [0.717, 1.165) is 36.4 Å². The van der Waals surface area contributed by atoms with Gasteiger partial charge in [-0.25, -0.2) is 9.50 Å². The Hall–Kier alpha value is -1.62. The first-order valence-corrected chi connectivity index (χ1v) is 6.92. The molecule has 3 rings (SSSR count). The number of rotatable bonds is 3. The minimum atomic E-state index is 0.188. The first kappa shape index (κ1) is 12.4. The molecule has 1 N–H and O–H groups in total. The van der Waals surface area contributed by atoms with Crippen LogP contribution in [0.3, 0.4) is 0 Å². The molecule has 5 heteroatoms. The van der Waals surface area contributed by atoms with E-state index in [2.05, 4.69) is 34.9 Å². The standard InChI is InChI=1S/C14H20N4O/c1-10(2)12-8-13-14(15-5-7-18(13)16-12)17-6-3-4-11(17)9-19/h5,7-8,10-11,19H,3-4,6,9H2,1-2H3. The molecule has 1 unspecified atom stereocenters. The summed E-state index contributed by atoms with van der Waals surface area (Å²) in [5.41, 5.74) is 2.11. The van der Waals surface area contributed by atoms with E-state index >= 15 is 0 Å². The fourth-order valence-electron chi connectivity index (χ4n) is 2.73. The van der Waals surface area contributed by atoms with Gasteiger partial charge in [-0.1, -0.05) is 13.8 Å². The van der Waals surface area contributed by atoms with Gasteiger partial charge in [0.15, 0.2) is 5.82 Å². The van der Waals surface area contributed by atoms with Crippen molar-refractivity contribution < 1.29 is 5.11 Å². The van der Waals surface area contributed by atoms with Crippen LogP contribution in [0.1, 0.15) is 38.3 Å². The number of anilines is 1. The van der Waals surface area contributed by atoms with Crippen molar-refractivity contribution in [2.45, 2.75) is 38.6 Å². The van der Waals surface area contributed by atoms with E-state index in [9.17, 15) is 5.11 Å². The summed E-state index contributed by atoms with van der Waals surface area (Å²) < 4.78 is 1.89. The van der Waals surface area contributed by atoms with Crippen molar-refractivity contribution in [1.29, 1.82) is 0 Å². The molecule has 0 aliphatic carbocycles. The zero-order valence-corrected chi connectivity index (χ0v) is 11.5. The number of nitrogens with zero attached hydrogens (tertiary/aromatic N) is 4. The Labute approximate surface area is 112 Å². The van der Waals surface area contributed by atoms with Crippen molar-refractivity contribution >= 4 is 11.3 Å². The molecule has 1 fully saturated rings. The molecule has 2 aromatic rings. The van der Waals surface area contributed by atoms with Gasteiger partial charge >= 0.3 is 0 Å². The Bertz CT molecular complexity index is 578. The smallest absolute Gasteiger partial charge is 0.155 e. The molecule has 0 saturated carbocycles. The predicted molar refractivity (Wildman–Crippen MR) is 74.5 cm³/mol. The predicted octanol–water partition coefficient (Wildman–Crippen LogP) is 1.81. The molecular weight excluding hydrogens is 240 g/mol. The van der Waals surface area contributed by atoms with Crippen LogP contribution >= 0.6 is 0 Å². The second-order valence-electron chi connectivity index (χ2n) is 5.48. The quantitative estimate of drug-likeness (QED) is 0.914. The number of fused-ring (bicyclic) bond motifs is 1. The summed E-state index contributed by atoms with van der Waals surface area (Å²) in [6.07, 6.45) is 5.81. The van der Waals surface area contributed by atoms with Crippen molar-refractivity contribution in [2.75, 3.05) is 18.1 Å². The number of hydrogen-bond acceptors (Lipinski definition) is 4. The fourth-order valence-corrected chi connectivity index (χ4v) is 2.73. The van der Waals surface area contributed by atoms with Crippen molar-refractivity contribution in [3.05, 3.63) is 24.2 Å². The minimum absolute atomic E-state index is 0.188. The largest absolute Gasteiger partial charge is 0.394 e. The molecule has 0 radical (unpaired) electrons. The van der Waals surface area contributed by atoms with Gasteiger partial charge in [-0.3, -0.25) is 0 Å². The fraction of sp³-hybridized carbons (Fsp3) is 0.571. The summed E-state index contributed by atoms with van der Waals surface area (Å²) in [7, 11) is 0. The lowest BCUT2D eigenvalue weighted by atomic mass is 10.1. The normalized spacial score (nSPS) is 19.8. The van der Waals surface area contributed by atoms with Crippen molar-refractivity contribution in [3.8, 4) is 0 Å². The molecule has 102 valence electrons. The van der Waals surface area contributed by atoms with Crippen LogP contribution in [0.5, 0.6) is 0 Å². The molecule has 1 atom stereocenters. The Morgan fingerprint density at radius 2 is 2.32 bits per heavy atom. The lowest BCUT2D eigenvalue weighted by Gasteiger charge is -2.24. The highest BCUT2D eigenvalue weighted by Crippen LogP contribution is 2.28. The summed E-state index contributed by atoms with van der Waals surface area (Å²) in [6, 6.07) is 2.30. The van der Waals surface area contributed by atoms with Crippen LogP contribution in [0.4, 0.5) is 5.82 Å². The van der Waals surface area contributed by atoms with Gasteiger partial charge in [-0.2, -0.15) is 5.10 Å². The van der Waals surface area contributed by atoms with Gasteiger partial charge in [0.05, 0.1) is 18.3 Å². The minimum Gasteiger partial charge on any atom is -0.394 e. The Morgan fingerprint density at radius 3 is 3.05 bits per heavy atom. The lowest BCUT2D eigenvalue weighted by Crippen LogP contribution is -2.33.